The minimum atomic E-state index is -0.593. The standard InChI is InChI=1S/C17H21NO4.BrH/c1-18-13-7-11(8-14(18)16-15(13)22-16)21-17(20)12(9-19)10-5-3-2-4-6-10;/h2-6,11-16,19H,7-9H2,1H3;1H/t11?,12-,13?,14?,15+,16?;/m1./s1. The lowest BCUT2D eigenvalue weighted by molar-refractivity contribution is -0.156. The summed E-state index contributed by atoms with van der Waals surface area (Å²) in [5.41, 5.74) is 0.803. The van der Waals surface area contributed by atoms with Crippen molar-refractivity contribution in [3.63, 3.8) is 0 Å². The number of rotatable bonds is 4. The summed E-state index contributed by atoms with van der Waals surface area (Å²) in [4.78, 5) is 14.8. The van der Waals surface area contributed by atoms with Gasteiger partial charge in [0, 0.05) is 24.9 Å². The number of piperidine rings is 1. The Kier molecular flexibility index (Phi) is 4.78. The molecule has 1 aromatic carbocycles. The zero-order valence-corrected chi connectivity index (χ0v) is 14.7. The molecule has 0 spiro atoms. The van der Waals surface area contributed by atoms with Crippen LogP contribution in [0, 0.1) is 0 Å². The summed E-state index contributed by atoms with van der Waals surface area (Å²) >= 11 is 0. The van der Waals surface area contributed by atoms with Gasteiger partial charge in [-0.25, -0.2) is 0 Å². The molecule has 3 aliphatic rings. The highest BCUT2D eigenvalue weighted by Crippen LogP contribution is 2.48. The molecule has 6 atom stereocenters. The number of likely N-dealkylation sites (N-methyl/N-ethyl adjacent to an activating group) is 1. The Bertz CT molecular complexity index is 551. The number of morpholine rings is 1. The first kappa shape index (κ1) is 16.9. The van der Waals surface area contributed by atoms with Gasteiger partial charge in [0.05, 0.1) is 6.61 Å². The third-order valence-electron chi connectivity index (χ3n) is 5.33. The van der Waals surface area contributed by atoms with Crippen LogP contribution in [0.4, 0.5) is 0 Å². The second-order valence-electron chi connectivity index (χ2n) is 6.54. The maximum atomic E-state index is 12.4. The topological polar surface area (TPSA) is 62.3 Å². The Labute approximate surface area is 146 Å². The average Bonchev–Trinajstić information content (AvgIpc) is 3.27. The Hall–Kier alpha value is -0.950. The largest absolute Gasteiger partial charge is 0.462 e. The second-order valence-corrected chi connectivity index (χ2v) is 6.54. The zero-order chi connectivity index (χ0) is 15.3. The molecule has 0 amide bonds. The van der Waals surface area contributed by atoms with Gasteiger partial charge >= 0.3 is 5.97 Å². The van der Waals surface area contributed by atoms with Gasteiger partial charge in [-0.05, 0) is 12.6 Å². The van der Waals surface area contributed by atoms with Gasteiger partial charge < -0.3 is 14.6 Å². The molecule has 3 heterocycles. The van der Waals surface area contributed by atoms with Crippen LogP contribution < -0.4 is 0 Å². The number of ether oxygens (including phenoxy) is 2. The van der Waals surface area contributed by atoms with Crippen LogP contribution >= 0.6 is 17.0 Å². The molecular formula is C17H22BrNO4. The molecule has 3 saturated heterocycles. The molecule has 0 aromatic heterocycles. The summed E-state index contributed by atoms with van der Waals surface area (Å²) < 4.78 is 11.4. The van der Waals surface area contributed by atoms with Crippen LogP contribution in [0.15, 0.2) is 30.3 Å². The summed E-state index contributed by atoms with van der Waals surface area (Å²) in [5, 5.41) is 9.56. The molecule has 3 fully saturated rings. The van der Waals surface area contributed by atoms with Crippen molar-refractivity contribution in [2.24, 2.45) is 0 Å². The number of carbonyl (C=O) groups is 1. The molecule has 0 aliphatic carbocycles. The molecule has 126 valence electrons. The number of halogens is 1. The first-order valence-corrected chi connectivity index (χ1v) is 7.92. The van der Waals surface area contributed by atoms with Crippen molar-refractivity contribution in [2.45, 2.75) is 49.2 Å². The smallest absolute Gasteiger partial charge is 0.316 e. The van der Waals surface area contributed by atoms with E-state index in [-0.39, 0.29) is 35.7 Å². The number of nitrogens with zero attached hydrogens (tertiary/aromatic N) is 1. The van der Waals surface area contributed by atoms with Gasteiger partial charge in [0.15, 0.2) is 0 Å². The number of hydrogen-bond donors (Lipinski definition) is 1. The second kappa shape index (κ2) is 6.51. The number of hydrogen-bond acceptors (Lipinski definition) is 5. The van der Waals surface area contributed by atoms with E-state index in [1.54, 1.807) is 0 Å². The number of esters is 1. The molecule has 0 radical (unpaired) electrons. The first-order valence-electron chi connectivity index (χ1n) is 7.92. The minimum Gasteiger partial charge on any atom is -0.462 e. The van der Waals surface area contributed by atoms with E-state index in [1.165, 1.54) is 0 Å². The Balaban J connectivity index is 0.00000156. The summed E-state index contributed by atoms with van der Waals surface area (Å²) in [5.74, 6) is -0.915. The summed E-state index contributed by atoms with van der Waals surface area (Å²) in [6.45, 7) is -0.226. The lowest BCUT2D eigenvalue weighted by Gasteiger charge is -2.38. The van der Waals surface area contributed by atoms with Gasteiger partial charge in [-0.2, -0.15) is 0 Å². The zero-order valence-electron chi connectivity index (χ0n) is 13.0. The van der Waals surface area contributed by atoms with Gasteiger partial charge in [0.25, 0.3) is 0 Å². The Morgan fingerprint density at radius 1 is 1.30 bits per heavy atom. The molecule has 3 aliphatic heterocycles. The molecule has 4 rings (SSSR count). The van der Waals surface area contributed by atoms with Gasteiger partial charge in [-0.1, -0.05) is 30.3 Å². The molecule has 2 bridgehead atoms. The molecule has 4 unspecified atom stereocenters. The molecule has 1 aromatic rings. The predicted octanol–water partition coefficient (Wildman–Crippen LogP) is 1.50. The molecule has 23 heavy (non-hydrogen) atoms. The molecule has 0 saturated carbocycles. The molecule has 1 N–H and O–H groups in total. The van der Waals surface area contributed by atoms with E-state index in [1.807, 2.05) is 30.3 Å². The Morgan fingerprint density at radius 3 is 2.48 bits per heavy atom. The van der Waals surface area contributed by atoms with E-state index in [0.717, 1.165) is 18.4 Å². The Morgan fingerprint density at radius 2 is 1.91 bits per heavy atom. The van der Waals surface area contributed by atoms with Gasteiger partial charge in [-0.15, -0.1) is 17.0 Å². The minimum absolute atomic E-state index is 0. The van der Waals surface area contributed by atoms with Crippen LogP contribution in [0.5, 0.6) is 0 Å². The number of fused-ring (bicyclic) bond motifs is 5. The van der Waals surface area contributed by atoms with E-state index in [4.69, 9.17) is 9.47 Å². The number of aliphatic hydroxyl groups excluding tert-OH is 1. The van der Waals surface area contributed by atoms with Crippen LogP contribution in [0.1, 0.15) is 24.3 Å². The fourth-order valence-corrected chi connectivity index (χ4v) is 4.04. The van der Waals surface area contributed by atoms with E-state index >= 15 is 0 Å². The summed E-state index contributed by atoms with van der Waals surface area (Å²) in [6.07, 6.45) is 2.26. The van der Waals surface area contributed by atoms with E-state index in [2.05, 4.69) is 11.9 Å². The third kappa shape index (κ3) is 2.93. The number of aliphatic hydroxyl groups is 1. The maximum absolute atomic E-state index is 12.4. The normalized spacial score (nSPS) is 35.8. The van der Waals surface area contributed by atoms with Crippen molar-refractivity contribution >= 4 is 23.0 Å². The quantitative estimate of drug-likeness (QED) is 0.630. The number of carbonyl (C=O) groups excluding carboxylic acids is 1. The highest BCUT2D eigenvalue weighted by Gasteiger charge is 2.62. The van der Waals surface area contributed by atoms with Crippen molar-refractivity contribution < 1.29 is 19.4 Å². The van der Waals surface area contributed by atoms with Crippen molar-refractivity contribution in [1.82, 2.24) is 4.90 Å². The summed E-state index contributed by atoms with van der Waals surface area (Å²) in [7, 11) is 2.13. The average molecular weight is 384 g/mol. The van der Waals surface area contributed by atoms with Crippen LogP contribution in [0.3, 0.4) is 0 Å². The van der Waals surface area contributed by atoms with Crippen molar-refractivity contribution in [3.05, 3.63) is 35.9 Å². The highest BCUT2D eigenvalue weighted by molar-refractivity contribution is 8.93. The van der Waals surface area contributed by atoms with Crippen molar-refractivity contribution in [1.29, 1.82) is 0 Å². The fraction of sp³-hybridized carbons (Fsp3) is 0.588. The monoisotopic (exact) mass is 383 g/mol. The SMILES string of the molecule is Br.CN1C2CC(OC(=O)[C@H](CO)c3ccccc3)CC1[C@@H]1OC21. The van der Waals surface area contributed by atoms with E-state index < -0.39 is 5.92 Å². The van der Waals surface area contributed by atoms with Gasteiger partial charge in [0.1, 0.15) is 24.2 Å². The predicted molar refractivity (Wildman–Crippen MR) is 89.7 cm³/mol. The lowest BCUT2D eigenvalue weighted by atomic mass is 9.97. The fourth-order valence-electron chi connectivity index (χ4n) is 4.04. The van der Waals surface area contributed by atoms with E-state index in [9.17, 15) is 9.90 Å². The van der Waals surface area contributed by atoms with Crippen LogP contribution in [-0.4, -0.2) is 60.0 Å². The summed E-state index contributed by atoms with van der Waals surface area (Å²) in [6, 6.07) is 10.1. The van der Waals surface area contributed by atoms with Crippen LogP contribution in [0.25, 0.3) is 0 Å². The van der Waals surface area contributed by atoms with Crippen molar-refractivity contribution in [2.75, 3.05) is 13.7 Å². The number of epoxide rings is 1. The van der Waals surface area contributed by atoms with Gasteiger partial charge in [0.2, 0.25) is 0 Å². The van der Waals surface area contributed by atoms with Crippen LogP contribution in [0.2, 0.25) is 0 Å². The highest BCUT2D eigenvalue weighted by atomic mass is 79.9. The lowest BCUT2D eigenvalue weighted by Crippen LogP contribution is -2.48. The van der Waals surface area contributed by atoms with Crippen molar-refractivity contribution in [3.8, 4) is 0 Å². The molecule has 5 nitrogen and oxygen atoms in total. The van der Waals surface area contributed by atoms with Gasteiger partial charge in [-0.3, -0.25) is 9.69 Å². The maximum Gasteiger partial charge on any atom is 0.316 e. The number of benzene rings is 1. The molecular weight excluding hydrogens is 362 g/mol. The first-order chi connectivity index (χ1) is 10.7. The molecule has 6 heteroatoms. The van der Waals surface area contributed by atoms with E-state index in [0.29, 0.717) is 24.3 Å². The third-order valence-corrected chi connectivity index (χ3v) is 5.33. The van der Waals surface area contributed by atoms with Crippen LogP contribution in [-0.2, 0) is 14.3 Å².